The van der Waals surface area contributed by atoms with Gasteiger partial charge >= 0.3 is 0 Å². The number of aromatic hydroxyl groups is 1. The van der Waals surface area contributed by atoms with Crippen molar-refractivity contribution in [3.05, 3.63) is 57.6 Å². The van der Waals surface area contributed by atoms with E-state index in [-0.39, 0.29) is 23.6 Å². The summed E-state index contributed by atoms with van der Waals surface area (Å²) < 4.78 is 0. The Morgan fingerprint density at radius 2 is 1.92 bits per heavy atom. The summed E-state index contributed by atoms with van der Waals surface area (Å²) in [4.78, 5) is 24.1. The number of hydrogen-bond donors (Lipinski definition) is 3. The molecule has 136 valence electrons. The second-order valence-electron chi connectivity index (χ2n) is 5.61. The van der Waals surface area contributed by atoms with Crippen molar-refractivity contribution in [1.82, 2.24) is 5.43 Å². The van der Waals surface area contributed by atoms with Crippen molar-refractivity contribution >= 4 is 46.4 Å². The van der Waals surface area contributed by atoms with E-state index in [9.17, 15) is 14.7 Å². The van der Waals surface area contributed by atoms with Crippen molar-refractivity contribution < 1.29 is 14.7 Å². The number of carbonyl (C=O) groups excluding carboxylic acids is 2. The third kappa shape index (κ3) is 5.21. The van der Waals surface area contributed by atoms with Gasteiger partial charge in [0.2, 0.25) is 5.91 Å². The van der Waals surface area contributed by atoms with E-state index < -0.39 is 5.91 Å². The number of phenols is 1. The predicted molar refractivity (Wildman–Crippen MR) is 103 cm³/mol. The quantitative estimate of drug-likeness (QED) is 0.526. The van der Waals surface area contributed by atoms with E-state index in [4.69, 9.17) is 23.2 Å². The van der Waals surface area contributed by atoms with Crippen molar-refractivity contribution in [2.75, 3.05) is 5.32 Å². The highest BCUT2D eigenvalue weighted by Crippen LogP contribution is 2.25. The summed E-state index contributed by atoms with van der Waals surface area (Å²) in [6.45, 7) is 3.28. The number of anilines is 1. The largest absolute Gasteiger partial charge is 0.507 e. The second kappa shape index (κ2) is 8.69. The lowest BCUT2D eigenvalue weighted by atomic mass is 10.1. The van der Waals surface area contributed by atoms with Crippen molar-refractivity contribution in [1.29, 1.82) is 0 Å². The number of aryl methyl sites for hydroxylation is 1. The summed E-state index contributed by atoms with van der Waals surface area (Å²) in [6, 6.07) is 9.55. The minimum absolute atomic E-state index is 0.0527. The van der Waals surface area contributed by atoms with Gasteiger partial charge in [-0.3, -0.25) is 9.59 Å². The van der Waals surface area contributed by atoms with Gasteiger partial charge in [-0.1, -0.05) is 35.3 Å². The van der Waals surface area contributed by atoms with Crippen LogP contribution in [-0.4, -0.2) is 22.6 Å². The van der Waals surface area contributed by atoms with Crippen molar-refractivity contribution in [2.24, 2.45) is 5.10 Å². The fourth-order valence-electron chi connectivity index (χ4n) is 2.11. The fourth-order valence-corrected chi connectivity index (χ4v) is 2.45. The van der Waals surface area contributed by atoms with E-state index in [0.717, 1.165) is 0 Å². The number of phenolic OH excluding ortho intramolecular Hbond substituents is 1. The Bertz CT molecular complexity index is 882. The molecule has 0 bridgehead atoms. The molecule has 2 rings (SSSR count). The van der Waals surface area contributed by atoms with Gasteiger partial charge in [0.1, 0.15) is 5.75 Å². The molecule has 26 heavy (non-hydrogen) atoms. The lowest BCUT2D eigenvalue weighted by Crippen LogP contribution is -2.21. The van der Waals surface area contributed by atoms with Crippen LogP contribution in [0.4, 0.5) is 5.69 Å². The fraction of sp³-hybridized carbons (Fsp3) is 0.167. The number of nitrogens with one attached hydrogen (secondary N) is 2. The summed E-state index contributed by atoms with van der Waals surface area (Å²) in [5.41, 5.74) is 3.78. The summed E-state index contributed by atoms with van der Waals surface area (Å²) >= 11 is 11.9. The topological polar surface area (TPSA) is 90.8 Å². The number of rotatable bonds is 5. The molecule has 2 amide bonds. The van der Waals surface area contributed by atoms with Crippen LogP contribution in [0, 0.1) is 6.92 Å². The molecule has 0 aliphatic carbocycles. The van der Waals surface area contributed by atoms with Gasteiger partial charge in [-0.05, 0) is 43.7 Å². The SMILES string of the molecule is CC(CC(=O)Nc1cc(Cl)ccc1Cl)=NNC(=O)c1cccc(C)c1O. The smallest absolute Gasteiger partial charge is 0.275 e. The van der Waals surface area contributed by atoms with Gasteiger partial charge in [-0.15, -0.1) is 0 Å². The molecule has 3 N–H and O–H groups in total. The molecule has 2 aromatic rings. The van der Waals surface area contributed by atoms with Crippen LogP contribution >= 0.6 is 23.2 Å². The van der Waals surface area contributed by atoms with E-state index in [1.54, 1.807) is 38.1 Å². The summed E-state index contributed by atoms with van der Waals surface area (Å²) in [7, 11) is 0. The highest BCUT2D eigenvalue weighted by Gasteiger charge is 2.12. The molecule has 0 spiro atoms. The molecule has 0 radical (unpaired) electrons. The maximum Gasteiger partial charge on any atom is 0.275 e. The van der Waals surface area contributed by atoms with Crippen LogP contribution in [0.2, 0.25) is 10.0 Å². The van der Waals surface area contributed by atoms with Crippen LogP contribution in [-0.2, 0) is 4.79 Å². The zero-order valence-electron chi connectivity index (χ0n) is 14.1. The number of amides is 2. The molecule has 0 heterocycles. The molecular formula is C18H17Cl2N3O3. The zero-order chi connectivity index (χ0) is 19.3. The molecule has 0 saturated heterocycles. The standard InChI is InChI=1S/C18H17Cl2N3O3/c1-10-4-3-5-13(17(10)25)18(26)23-22-11(2)8-16(24)21-15-9-12(19)6-7-14(15)20/h3-7,9,25H,8H2,1-2H3,(H,21,24)(H,23,26). The van der Waals surface area contributed by atoms with E-state index in [1.807, 2.05) is 0 Å². The molecule has 8 heteroatoms. The molecule has 0 fully saturated rings. The average molecular weight is 394 g/mol. The van der Waals surface area contributed by atoms with Crippen molar-refractivity contribution in [3.8, 4) is 5.75 Å². The van der Waals surface area contributed by atoms with Crippen LogP contribution in [0.1, 0.15) is 29.3 Å². The van der Waals surface area contributed by atoms with Crippen LogP contribution in [0.5, 0.6) is 5.75 Å². The van der Waals surface area contributed by atoms with Crippen LogP contribution in [0.3, 0.4) is 0 Å². The Kier molecular flexibility index (Phi) is 6.60. The molecule has 0 saturated carbocycles. The molecular weight excluding hydrogens is 377 g/mol. The maximum absolute atomic E-state index is 12.1. The van der Waals surface area contributed by atoms with E-state index >= 15 is 0 Å². The molecule has 0 aliphatic rings. The molecule has 0 unspecified atom stereocenters. The van der Waals surface area contributed by atoms with Crippen LogP contribution in [0.15, 0.2) is 41.5 Å². The second-order valence-corrected chi connectivity index (χ2v) is 6.45. The van der Waals surface area contributed by atoms with Gasteiger partial charge in [0.15, 0.2) is 0 Å². The highest BCUT2D eigenvalue weighted by atomic mass is 35.5. The monoisotopic (exact) mass is 393 g/mol. The first-order chi connectivity index (χ1) is 12.3. The number of benzene rings is 2. The minimum Gasteiger partial charge on any atom is -0.507 e. The summed E-state index contributed by atoms with van der Waals surface area (Å²) in [6.07, 6.45) is -0.0527. The van der Waals surface area contributed by atoms with Crippen LogP contribution < -0.4 is 10.7 Å². The van der Waals surface area contributed by atoms with Gasteiger partial charge in [-0.25, -0.2) is 5.43 Å². The lowest BCUT2D eigenvalue weighted by molar-refractivity contribution is -0.115. The number of halogens is 2. The molecule has 0 aromatic heterocycles. The first-order valence-electron chi connectivity index (χ1n) is 7.65. The number of nitrogens with zero attached hydrogens (tertiary/aromatic N) is 1. The van der Waals surface area contributed by atoms with Gasteiger partial charge in [0.25, 0.3) is 5.91 Å². The molecule has 0 aliphatic heterocycles. The number of para-hydroxylation sites is 1. The lowest BCUT2D eigenvalue weighted by Gasteiger charge is -2.08. The van der Waals surface area contributed by atoms with Gasteiger partial charge in [-0.2, -0.15) is 5.10 Å². The summed E-state index contributed by atoms with van der Waals surface area (Å²) in [5, 5.41) is 17.2. The number of carbonyl (C=O) groups is 2. The highest BCUT2D eigenvalue weighted by molar-refractivity contribution is 6.35. The third-order valence-corrected chi connectivity index (χ3v) is 4.01. The summed E-state index contributed by atoms with van der Waals surface area (Å²) in [5.74, 6) is -1.03. The van der Waals surface area contributed by atoms with Crippen molar-refractivity contribution in [2.45, 2.75) is 20.3 Å². The minimum atomic E-state index is -0.566. The zero-order valence-corrected chi connectivity index (χ0v) is 15.6. The van der Waals surface area contributed by atoms with Gasteiger partial charge in [0, 0.05) is 10.7 Å². The average Bonchev–Trinajstić information content (AvgIpc) is 2.58. The predicted octanol–water partition coefficient (Wildman–Crippen LogP) is 4.14. The van der Waals surface area contributed by atoms with Crippen LogP contribution in [0.25, 0.3) is 0 Å². The Balaban J connectivity index is 1.97. The molecule has 6 nitrogen and oxygen atoms in total. The Labute approximate surface area is 160 Å². The molecule has 0 atom stereocenters. The first kappa shape index (κ1) is 19.8. The Morgan fingerprint density at radius 1 is 1.19 bits per heavy atom. The number of hydrogen-bond acceptors (Lipinski definition) is 4. The van der Waals surface area contributed by atoms with E-state index in [1.165, 1.54) is 12.1 Å². The van der Waals surface area contributed by atoms with Crippen molar-refractivity contribution in [3.63, 3.8) is 0 Å². The van der Waals surface area contributed by atoms with E-state index in [2.05, 4.69) is 15.8 Å². The van der Waals surface area contributed by atoms with Gasteiger partial charge in [0.05, 0.1) is 22.7 Å². The van der Waals surface area contributed by atoms with E-state index in [0.29, 0.717) is 27.0 Å². The van der Waals surface area contributed by atoms with Gasteiger partial charge < -0.3 is 10.4 Å². The third-order valence-electron chi connectivity index (χ3n) is 3.45. The molecule has 2 aromatic carbocycles. The Hall–Kier alpha value is -2.57. The Morgan fingerprint density at radius 3 is 2.65 bits per heavy atom. The maximum atomic E-state index is 12.1. The first-order valence-corrected chi connectivity index (χ1v) is 8.40. The normalized spacial score (nSPS) is 11.2. The number of hydrazone groups is 1.